The first-order valence-corrected chi connectivity index (χ1v) is 8.22. The van der Waals surface area contributed by atoms with Gasteiger partial charge in [-0.3, -0.25) is 9.69 Å². The molecule has 2 heterocycles. The molecule has 2 aliphatic heterocycles. The van der Waals surface area contributed by atoms with Gasteiger partial charge in [0.1, 0.15) is 0 Å². The second-order valence-corrected chi connectivity index (χ2v) is 7.24. The molecule has 2 aliphatic rings. The van der Waals surface area contributed by atoms with Crippen molar-refractivity contribution in [2.45, 2.75) is 52.1 Å². The van der Waals surface area contributed by atoms with Gasteiger partial charge in [-0.05, 0) is 18.8 Å². The lowest BCUT2D eigenvalue weighted by Crippen LogP contribution is -2.76. The fraction of sp³-hybridized carbons (Fsp3) is 0.933. The molecule has 0 aromatic rings. The Bertz CT molecular complexity index is 345. The van der Waals surface area contributed by atoms with Crippen LogP contribution in [0.3, 0.4) is 0 Å². The summed E-state index contributed by atoms with van der Waals surface area (Å²) in [5.74, 6) is 1.97. The lowest BCUT2D eigenvalue weighted by atomic mass is 9.77. The van der Waals surface area contributed by atoms with E-state index in [0.29, 0.717) is 17.9 Å². The molecule has 0 aromatic carbocycles. The van der Waals surface area contributed by atoms with Gasteiger partial charge in [-0.25, -0.2) is 0 Å². The SMILES string of the molecule is CC(C)CN1CC2(CCCN2C(=O)C(C)C)C1CS. The van der Waals surface area contributed by atoms with E-state index in [2.05, 4.69) is 36.3 Å². The molecule has 0 bridgehead atoms. The molecule has 3 nitrogen and oxygen atoms in total. The zero-order valence-electron chi connectivity index (χ0n) is 12.7. The molecule has 4 heteroatoms. The van der Waals surface area contributed by atoms with Crippen molar-refractivity contribution in [2.24, 2.45) is 11.8 Å². The van der Waals surface area contributed by atoms with Crippen molar-refractivity contribution >= 4 is 18.5 Å². The molecule has 2 saturated heterocycles. The summed E-state index contributed by atoms with van der Waals surface area (Å²) in [6, 6.07) is 0.448. The number of nitrogens with zero attached hydrogens (tertiary/aromatic N) is 2. The Labute approximate surface area is 123 Å². The van der Waals surface area contributed by atoms with Crippen molar-refractivity contribution in [3.05, 3.63) is 0 Å². The summed E-state index contributed by atoms with van der Waals surface area (Å²) in [7, 11) is 0. The predicted molar refractivity (Wildman–Crippen MR) is 82.6 cm³/mol. The maximum absolute atomic E-state index is 12.4. The molecule has 0 aromatic heterocycles. The predicted octanol–water partition coefficient (Wildman–Crippen LogP) is 2.27. The summed E-state index contributed by atoms with van der Waals surface area (Å²) in [4.78, 5) is 17.1. The van der Waals surface area contributed by atoms with Crippen molar-refractivity contribution in [2.75, 3.05) is 25.4 Å². The summed E-state index contributed by atoms with van der Waals surface area (Å²) < 4.78 is 0. The zero-order chi connectivity index (χ0) is 14.2. The van der Waals surface area contributed by atoms with Crippen LogP contribution in [0.25, 0.3) is 0 Å². The van der Waals surface area contributed by atoms with Gasteiger partial charge in [0, 0.05) is 37.3 Å². The van der Waals surface area contributed by atoms with Gasteiger partial charge in [0.05, 0.1) is 5.54 Å². The first kappa shape index (κ1) is 15.2. The Hall–Kier alpha value is -0.220. The Kier molecular flexibility index (Phi) is 4.51. The number of thiol groups is 1. The van der Waals surface area contributed by atoms with Crippen LogP contribution < -0.4 is 0 Å². The smallest absolute Gasteiger partial charge is 0.225 e. The molecule has 2 fully saturated rings. The van der Waals surface area contributed by atoms with E-state index in [0.717, 1.165) is 38.2 Å². The maximum atomic E-state index is 12.4. The zero-order valence-corrected chi connectivity index (χ0v) is 13.6. The van der Waals surface area contributed by atoms with Gasteiger partial charge in [-0.1, -0.05) is 27.7 Å². The molecular formula is C15H28N2OS. The van der Waals surface area contributed by atoms with E-state index in [1.165, 1.54) is 0 Å². The number of hydrogen-bond acceptors (Lipinski definition) is 3. The summed E-state index contributed by atoms with van der Waals surface area (Å²) in [6.07, 6.45) is 2.31. The Morgan fingerprint density at radius 2 is 2.05 bits per heavy atom. The van der Waals surface area contributed by atoms with E-state index in [-0.39, 0.29) is 11.5 Å². The maximum Gasteiger partial charge on any atom is 0.225 e. The minimum atomic E-state index is 0.0952. The number of rotatable bonds is 4. The van der Waals surface area contributed by atoms with E-state index >= 15 is 0 Å². The molecule has 0 saturated carbocycles. The van der Waals surface area contributed by atoms with E-state index in [9.17, 15) is 4.79 Å². The van der Waals surface area contributed by atoms with Crippen LogP contribution in [0.2, 0.25) is 0 Å². The minimum absolute atomic E-state index is 0.0952. The summed E-state index contributed by atoms with van der Waals surface area (Å²) in [6.45, 7) is 11.6. The Morgan fingerprint density at radius 1 is 1.37 bits per heavy atom. The molecule has 1 spiro atoms. The molecule has 110 valence electrons. The molecule has 0 radical (unpaired) electrons. The average Bonchev–Trinajstić information content (AvgIpc) is 2.73. The van der Waals surface area contributed by atoms with E-state index < -0.39 is 0 Å². The largest absolute Gasteiger partial charge is 0.334 e. The molecule has 2 unspecified atom stereocenters. The van der Waals surface area contributed by atoms with E-state index in [1.807, 2.05) is 13.8 Å². The highest BCUT2D eigenvalue weighted by Crippen LogP contribution is 2.44. The molecule has 0 N–H and O–H groups in total. The van der Waals surface area contributed by atoms with Crippen LogP contribution in [0.15, 0.2) is 0 Å². The second kappa shape index (κ2) is 5.65. The Morgan fingerprint density at radius 3 is 2.58 bits per heavy atom. The van der Waals surface area contributed by atoms with Gasteiger partial charge in [-0.15, -0.1) is 0 Å². The van der Waals surface area contributed by atoms with Gasteiger partial charge < -0.3 is 4.90 Å². The van der Waals surface area contributed by atoms with Crippen LogP contribution in [-0.4, -0.2) is 52.7 Å². The fourth-order valence-electron chi connectivity index (χ4n) is 3.79. The highest BCUT2D eigenvalue weighted by molar-refractivity contribution is 7.80. The van der Waals surface area contributed by atoms with Gasteiger partial charge in [0.25, 0.3) is 0 Å². The normalized spacial score (nSPS) is 31.5. The Balaban J connectivity index is 2.12. The molecule has 0 aliphatic carbocycles. The second-order valence-electron chi connectivity index (χ2n) is 6.87. The molecular weight excluding hydrogens is 256 g/mol. The first-order valence-electron chi connectivity index (χ1n) is 7.58. The minimum Gasteiger partial charge on any atom is -0.334 e. The van der Waals surface area contributed by atoms with Crippen LogP contribution in [0.5, 0.6) is 0 Å². The topological polar surface area (TPSA) is 23.6 Å². The molecule has 2 rings (SSSR count). The lowest BCUT2D eigenvalue weighted by molar-refractivity contribution is -0.152. The summed E-state index contributed by atoms with van der Waals surface area (Å²) in [5.41, 5.74) is 0.0952. The quantitative estimate of drug-likeness (QED) is 0.801. The molecule has 19 heavy (non-hydrogen) atoms. The fourth-order valence-corrected chi connectivity index (χ4v) is 4.36. The number of carbonyl (C=O) groups is 1. The molecule has 2 atom stereocenters. The lowest BCUT2D eigenvalue weighted by Gasteiger charge is -2.60. The van der Waals surface area contributed by atoms with Crippen LogP contribution in [-0.2, 0) is 4.79 Å². The van der Waals surface area contributed by atoms with Crippen molar-refractivity contribution in [1.82, 2.24) is 9.80 Å². The average molecular weight is 284 g/mol. The summed E-state index contributed by atoms with van der Waals surface area (Å²) >= 11 is 4.56. The standard InChI is InChI=1S/C15H28N2OS/c1-11(2)8-16-10-15(13(16)9-19)6-5-7-17(15)14(18)12(3)4/h11-13,19H,5-10H2,1-4H3. The monoisotopic (exact) mass is 284 g/mol. The van der Waals surface area contributed by atoms with Gasteiger partial charge in [0.15, 0.2) is 0 Å². The third-order valence-corrected chi connectivity index (χ3v) is 4.95. The van der Waals surface area contributed by atoms with Crippen LogP contribution in [0, 0.1) is 11.8 Å². The van der Waals surface area contributed by atoms with Gasteiger partial charge in [-0.2, -0.15) is 12.6 Å². The third-order valence-electron chi connectivity index (χ3n) is 4.60. The van der Waals surface area contributed by atoms with Crippen LogP contribution in [0.1, 0.15) is 40.5 Å². The highest BCUT2D eigenvalue weighted by atomic mass is 32.1. The van der Waals surface area contributed by atoms with Crippen molar-refractivity contribution < 1.29 is 4.79 Å². The molecule has 1 amide bonds. The number of hydrogen-bond donors (Lipinski definition) is 1. The van der Waals surface area contributed by atoms with Crippen LogP contribution in [0.4, 0.5) is 0 Å². The van der Waals surface area contributed by atoms with Gasteiger partial charge in [0.2, 0.25) is 5.91 Å². The van der Waals surface area contributed by atoms with Crippen molar-refractivity contribution in [1.29, 1.82) is 0 Å². The van der Waals surface area contributed by atoms with Gasteiger partial charge >= 0.3 is 0 Å². The highest BCUT2D eigenvalue weighted by Gasteiger charge is 2.58. The summed E-state index contributed by atoms with van der Waals surface area (Å²) in [5, 5.41) is 0. The van der Waals surface area contributed by atoms with E-state index in [1.54, 1.807) is 0 Å². The van der Waals surface area contributed by atoms with Crippen molar-refractivity contribution in [3.63, 3.8) is 0 Å². The van der Waals surface area contributed by atoms with Crippen LogP contribution >= 0.6 is 12.6 Å². The number of amides is 1. The first-order chi connectivity index (χ1) is 8.92. The third kappa shape index (κ3) is 2.54. The number of carbonyl (C=O) groups excluding carboxylic acids is 1. The number of likely N-dealkylation sites (tertiary alicyclic amines) is 2. The van der Waals surface area contributed by atoms with Crippen molar-refractivity contribution in [3.8, 4) is 0 Å². The van der Waals surface area contributed by atoms with E-state index in [4.69, 9.17) is 0 Å².